The molecule has 4 aromatic carbocycles. The van der Waals surface area contributed by atoms with Gasteiger partial charge >= 0.3 is 0 Å². The minimum atomic E-state index is -0.348. The van der Waals surface area contributed by atoms with E-state index in [9.17, 15) is 0 Å². The number of benzene rings is 4. The van der Waals surface area contributed by atoms with Crippen LogP contribution in [0.3, 0.4) is 0 Å². The summed E-state index contributed by atoms with van der Waals surface area (Å²) in [4.78, 5) is 0. The molecule has 1 saturated heterocycles. The maximum absolute atomic E-state index is 5.49. The van der Waals surface area contributed by atoms with E-state index < -0.39 is 0 Å². The van der Waals surface area contributed by atoms with Gasteiger partial charge in [0.05, 0.1) is 23.7 Å². The van der Waals surface area contributed by atoms with Gasteiger partial charge in [-0.05, 0) is 46.5 Å². The minimum absolute atomic E-state index is 0.316. The second-order valence-electron chi connectivity index (χ2n) is 7.96. The summed E-state index contributed by atoms with van der Waals surface area (Å²) in [5.74, 6) is 1.73. The van der Waals surface area contributed by atoms with E-state index in [1.165, 1.54) is 22.3 Å². The van der Waals surface area contributed by atoms with Gasteiger partial charge in [0.15, 0.2) is 0 Å². The van der Waals surface area contributed by atoms with Crippen LogP contribution in [-0.4, -0.2) is 19.3 Å². The maximum Gasteiger partial charge on any atom is 0.118 e. The van der Waals surface area contributed by atoms with Crippen LogP contribution in [0.2, 0.25) is 0 Å². The van der Waals surface area contributed by atoms with Gasteiger partial charge in [0, 0.05) is 5.08 Å². The maximum atomic E-state index is 5.49. The molecule has 0 amide bonds. The van der Waals surface area contributed by atoms with Crippen molar-refractivity contribution in [3.63, 3.8) is 0 Å². The fraction of sp³-hybridized carbons (Fsp3) is 0.172. The van der Waals surface area contributed by atoms with E-state index in [-0.39, 0.29) is 9.49 Å². The van der Waals surface area contributed by atoms with E-state index in [1.54, 1.807) is 14.2 Å². The lowest BCUT2D eigenvalue weighted by atomic mass is 9.72. The molecule has 1 aliphatic heterocycles. The number of hydrogen-bond acceptors (Lipinski definition) is 4. The molecule has 0 aromatic heterocycles. The summed E-state index contributed by atoms with van der Waals surface area (Å²) < 4.78 is 10.3. The van der Waals surface area contributed by atoms with Gasteiger partial charge in [-0.25, -0.2) is 0 Å². The highest BCUT2D eigenvalue weighted by molar-refractivity contribution is 8.20. The number of ether oxygens (including phenoxy) is 2. The van der Waals surface area contributed by atoms with Crippen molar-refractivity contribution in [2.45, 2.75) is 9.49 Å². The fourth-order valence-electron chi connectivity index (χ4n) is 4.89. The van der Waals surface area contributed by atoms with Crippen molar-refractivity contribution in [1.29, 1.82) is 0 Å². The van der Waals surface area contributed by atoms with Crippen LogP contribution < -0.4 is 9.47 Å². The second-order valence-corrected chi connectivity index (χ2v) is 10.7. The van der Waals surface area contributed by atoms with Crippen LogP contribution in [-0.2, 0) is 9.49 Å². The van der Waals surface area contributed by atoms with Gasteiger partial charge in [0.2, 0.25) is 0 Å². The summed E-state index contributed by atoms with van der Waals surface area (Å²) in [7, 11) is 3.43. The fourth-order valence-corrected chi connectivity index (χ4v) is 8.98. The Kier molecular flexibility index (Phi) is 6.13. The van der Waals surface area contributed by atoms with Gasteiger partial charge < -0.3 is 9.47 Å². The Morgan fingerprint density at radius 2 is 0.818 bits per heavy atom. The third-order valence-corrected chi connectivity index (χ3v) is 9.89. The molecule has 33 heavy (non-hydrogen) atoms. The van der Waals surface area contributed by atoms with Crippen molar-refractivity contribution in [3.8, 4) is 11.5 Å². The first-order valence-electron chi connectivity index (χ1n) is 10.9. The first kappa shape index (κ1) is 22.0. The van der Waals surface area contributed by atoms with Gasteiger partial charge in [0.25, 0.3) is 0 Å². The summed E-state index contributed by atoms with van der Waals surface area (Å²) in [6, 6.07) is 39.1. The van der Waals surface area contributed by atoms with Crippen molar-refractivity contribution in [3.05, 3.63) is 131 Å². The highest BCUT2D eigenvalue weighted by atomic mass is 32.2. The van der Waals surface area contributed by atoms with Crippen LogP contribution in [0, 0.1) is 0 Å². The summed E-state index contributed by atoms with van der Waals surface area (Å²) in [5, 5.41) is 0.974. The lowest BCUT2D eigenvalue weighted by Gasteiger charge is -2.46. The Hall–Kier alpha value is -2.82. The highest BCUT2D eigenvalue weighted by Gasteiger charge is 2.60. The van der Waals surface area contributed by atoms with Gasteiger partial charge in [-0.2, -0.15) is 0 Å². The molecule has 0 unspecified atom stereocenters. The SMILES string of the molecule is COc1ccc(C2(c3ccc(OC)cc3)SCSC2(c2ccccc2)c2ccccc2)cc1. The molecule has 1 aliphatic rings. The predicted molar refractivity (Wildman–Crippen MR) is 140 cm³/mol. The molecule has 4 aromatic rings. The Balaban J connectivity index is 1.86. The molecule has 1 heterocycles. The standard InChI is InChI=1S/C29H26O2S2/c1-30-26-17-13-24(14-18-26)29(25-15-19-27(31-2)20-16-25)28(32-21-33-29,22-9-5-3-6-10-22)23-11-7-4-8-12-23/h3-20H,21H2,1-2H3. The van der Waals surface area contributed by atoms with E-state index in [2.05, 4.69) is 109 Å². The Morgan fingerprint density at radius 3 is 1.15 bits per heavy atom. The third kappa shape index (κ3) is 3.53. The molecule has 0 atom stereocenters. The molecule has 5 rings (SSSR count). The topological polar surface area (TPSA) is 18.5 Å². The normalized spacial score (nSPS) is 16.3. The molecule has 1 fully saturated rings. The number of thioether (sulfide) groups is 2. The smallest absolute Gasteiger partial charge is 0.118 e. The molecular weight excluding hydrogens is 444 g/mol. The van der Waals surface area contributed by atoms with Crippen molar-refractivity contribution in [1.82, 2.24) is 0 Å². The predicted octanol–water partition coefficient (Wildman–Crippen LogP) is 7.33. The lowest BCUT2D eigenvalue weighted by Crippen LogP contribution is -2.43. The van der Waals surface area contributed by atoms with E-state index in [4.69, 9.17) is 9.47 Å². The molecule has 0 saturated carbocycles. The largest absolute Gasteiger partial charge is 0.497 e. The molecule has 4 heteroatoms. The second kappa shape index (κ2) is 9.20. The quantitative estimate of drug-likeness (QED) is 0.294. The van der Waals surface area contributed by atoms with Gasteiger partial charge in [-0.3, -0.25) is 0 Å². The molecule has 2 nitrogen and oxygen atoms in total. The number of rotatable bonds is 6. The summed E-state index contributed by atoms with van der Waals surface area (Å²) in [5.41, 5.74) is 5.13. The molecule has 0 bridgehead atoms. The Morgan fingerprint density at radius 1 is 0.485 bits per heavy atom. The van der Waals surface area contributed by atoms with Crippen LogP contribution in [0.1, 0.15) is 22.3 Å². The first-order chi connectivity index (χ1) is 16.2. The van der Waals surface area contributed by atoms with E-state index in [0.717, 1.165) is 16.6 Å². The van der Waals surface area contributed by atoms with Crippen LogP contribution >= 0.6 is 23.5 Å². The molecule has 0 spiro atoms. The molecule has 0 radical (unpaired) electrons. The molecule has 166 valence electrons. The summed E-state index contributed by atoms with van der Waals surface area (Å²) >= 11 is 4.01. The van der Waals surface area contributed by atoms with Crippen molar-refractivity contribution in [2.24, 2.45) is 0 Å². The molecule has 0 aliphatic carbocycles. The molecular formula is C29H26O2S2. The average molecular weight is 471 g/mol. The average Bonchev–Trinajstić information content (AvgIpc) is 3.32. The van der Waals surface area contributed by atoms with Crippen molar-refractivity contribution in [2.75, 3.05) is 19.3 Å². The lowest BCUT2D eigenvalue weighted by molar-refractivity contribution is 0.414. The number of methoxy groups -OCH3 is 2. The van der Waals surface area contributed by atoms with Crippen molar-refractivity contribution >= 4 is 23.5 Å². The zero-order valence-corrected chi connectivity index (χ0v) is 20.4. The van der Waals surface area contributed by atoms with Gasteiger partial charge in [-0.1, -0.05) is 84.9 Å². The third-order valence-electron chi connectivity index (χ3n) is 6.40. The van der Waals surface area contributed by atoms with Crippen LogP contribution in [0.5, 0.6) is 11.5 Å². The summed E-state index contributed by atoms with van der Waals surface area (Å²) in [6.07, 6.45) is 0. The monoisotopic (exact) mass is 470 g/mol. The zero-order chi connectivity index (χ0) is 22.7. The summed E-state index contributed by atoms with van der Waals surface area (Å²) in [6.45, 7) is 0. The van der Waals surface area contributed by atoms with E-state index in [1.807, 2.05) is 23.5 Å². The highest BCUT2D eigenvalue weighted by Crippen LogP contribution is 2.70. The minimum Gasteiger partial charge on any atom is -0.497 e. The Labute approximate surface area is 204 Å². The Bertz CT molecular complexity index is 1100. The van der Waals surface area contributed by atoms with Crippen LogP contribution in [0.4, 0.5) is 0 Å². The zero-order valence-electron chi connectivity index (χ0n) is 18.7. The van der Waals surface area contributed by atoms with E-state index in [0.29, 0.717) is 0 Å². The number of hydrogen-bond donors (Lipinski definition) is 0. The van der Waals surface area contributed by atoms with Crippen LogP contribution in [0.15, 0.2) is 109 Å². The van der Waals surface area contributed by atoms with Gasteiger partial charge in [-0.15, -0.1) is 23.5 Å². The van der Waals surface area contributed by atoms with E-state index >= 15 is 0 Å². The van der Waals surface area contributed by atoms with Gasteiger partial charge in [0.1, 0.15) is 11.5 Å². The first-order valence-corrected chi connectivity index (χ1v) is 12.9. The van der Waals surface area contributed by atoms with Crippen molar-refractivity contribution < 1.29 is 9.47 Å². The molecule has 0 N–H and O–H groups in total. The van der Waals surface area contributed by atoms with Crippen LogP contribution in [0.25, 0.3) is 0 Å².